The lowest BCUT2D eigenvalue weighted by atomic mass is 10.2. The zero-order valence-corrected chi connectivity index (χ0v) is 12.4. The highest BCUT2D eigenvalue weighted by Gasteiger charge is 2.28. The Morgan fingerprint density at radius 3 is 2.60 bits per heavy atom. The monoisotopic (exact) mass is 308 g/mol. The van der Waals surface area contributed by atoms with E-state index in [1.165, 1.54) is 4.90 Å². The van der Waals surface area contributed by atoms with Crippen LogP contribution in [0.2, 0.25) is 0 Å². The average Bonchev–Trinajstić information content (AvgIpc) is 2.85. The first-order valence-electron chi connectivity index (χ1n) is 6.22. The molecular weight excluding hydrogens is 288 g/mol. The molecule has 0 aliphatic carbocycles. The van der Waals surface area contributed by atoms with Gasteiger partial charge in [-0.1, -0.05) is 0 Å². The van der Waals surface area contributed by atoms with Gasteiger partial charge in [-0.2, -0.15) is 0 Å². The van der Waals surface area contributed by atoms with Crippen molar-refractivity contribution in [1.82, 2.24) is 10.2 Å². The number of rotatable bonds is 6. The van der Waals surface area contributed by atoms with Crippen molar-refractivity contribution in [3.63, 3.8) is 0 Å². The number of hydrogen-bond acceptors (Lipinski definition) is 5. The molecular formula is C11H20N2O6S. The van der Waals surface area contributed by atoms with Gasteiger partial charge in [-0.15, -0.1) is 0 Å². The van der Waals surface area contributed by atoms with Crippen molar-refractivity contribution in [1.29, 1.82) is 0 Å². The summed E-state index contributed by atoms with van der Waals surface area (Å²) in [5, 5.41) is 11.3. The minimum absolute atomic E-state index is 0.0839. The minimum atomic E-state index is -3.27. The van der Waals surface area contributed by atoms with Gasteiger partial charge in [-0.05, 0) is 12.8 Å². The number of aliphatic carboxylic acids is 1. The molecule has 0 aromatic carbocycles. The van der Waals surface area contributed by atoms with Crippen molar-refractivity contribution in [3.05, 3.63) is 0 Å². The molecule has 0 aromatic rings. The first-order chi connectivity index (χ1) is 9.20. The second kappa shape index (κ2) is 6.89. The standard InChI is InChI=1S/C11H20N2O6S/c1-13(8-3-5-19-7-8)11(16)12-9(10(14)15)4-6-20(2,17)18/h8-9H,3-7H2,1-2H3,(H,12,16)(H,14,15). The highest BCUT2D eigenvalue weighted by Crippen LogP contribution is 2.11. The van der Waals surface area contributed by atoms with E-state index in [9.17, 15) is 18.0 Å². The van der Waals surface area contributed by atoms with Crippen LogP contribution in [0.1, 0.15) is 12.8 Å². The Kier molecular flexibility index (Phi) is 5.75. The molecule has 8 nitrogen and oxygen atoms in total. The first kappa shape index (κ1) is 16.7. The van der Waals surface area contributed by atoms with Gasteiger partial charge in [0.1, 0.15) is 15.9 Å². The predicted octanol–water partition coefficient (Wildman–Crippen LogP) is -0.695. The average molecular weight is 308 g/mol. The normalized spacial score (nSPS) is 20.4. The summed E-state index contributed by atoms with van der Waals surface area (Å²) in [6.07, 6.45) is 1.57. The fourth-order valence-electron chi connectivity index (χ4n) is 1.83. The molecule has 1 heterocycles. The van der Waals surface area contributed by atoms with E-state index in [-0.39, 0.29) is 18.2 Å². The van der Waals surface area contributed by atoms with Gasteiger partial charge in [0.05, 0.1) is 18.4 Å². The van der Waals surface area contributed by atoms with Crippen LogP contribution < -0.4 is 5.32 Å². The van der Waals surface area contributed by atoms with Gasteiger partial charge in [0.25, 0.3) is 0 Å². The van der Waals surface area contributed by atoms with E-state index in [1.807, 2.05) is 0 Å². The largest absolute Gasteiger partial charge is 0.480 e. The summed E-state index contributed by atoms with van der Waals surface area (Å²) in [6.45, 7) is 0.990. The van der Waals surface area contributed by atoms with Gasteiger partial charge in [-0.25, -0.2) is 18.0 Å². The second-order valence-corrected chi connectivity index (χ2v) is 7.15. The molecule has 20 heavy (non-hydrogen) atoms. The number of urea groups is 1. The third kappa shape index (κ3) is 5.33. The minimum Gasteiger partial charge on any atom is -0.480 e. The zero-order valence-electron chi connectivity index (χ0n) is 11.5. The number of carboxylic acids is 1. The molecule has 1 saturated heterocycles. The molecule has 0 bridgehead atoms. The van der Waals surface area contributed by atoms with Crippen LogP contribution in [-0.4, -0.2) is 74.8 Å². The van der Waals surface area contributed by atoms with Crippen molar-refractivity contribution in [3.8, 4) is 0 Å². The molecule has 116 valence electrons. The lowest BCUT2D eigenvalue weighted by molar-refractivity contribution is -0.139. The topological polar surface area (TPSA) is 113 Å². The Morgan fingerprint density at radius 2 is 2.15 bits per heavy atom. The number of carbonyl (C=O) groups is 2. The third-order valence-electron chi connectivity index (χ3n) is 3.15. The van der Waals surface area contributed by atoms with Gasteiger partial charge in [0, 0.05) is 19.9 Å². The van der Waals surface area contributed by atoms with E-state index in [0.29, 0.717) is 19.6 Å². The van der Waals surface area contributed by atoms with Crippen molar-refractivity contribution in [2.24, 2.45) is 0 Å². The van der Waals surface area contributed by atoms with Gasteiger partial charge in [0.2, 0.25) is 0 Å². The lowest BCUT2D eigenvalue weighted by Gasteiger charge is -2.25. The molecule has 9 heteroatoms. The number of carboxylic acid groups (broad SMARTS) is 1. The smallest absolute Gasteiger partial charge is 0.326 e. The van der Waals surface area contributed by atoms with Crippen LogP contribution in [0.25, 0.3) is 0 Å². The van der Waals surface area contributed by atoms with E-state index < -0.39 is 27.9 Å². The van der Waals surface area contributed by atoms with Gasteiger partial charge < -0.3 is 20.1 Å². The molecule has 1 aliphatic heterocycles. The van der Waals surface area contributed by atoms with E-state index >= 15 is 0 Å². The fraction of sp³-hybridized carbons (Fsp3) is 0.818. The Morgan fingerprint density at radius 1 is 1.50 bits per heavy atom. The molecule has 0 spiro atoms. The zero-order chi connectivity index (χ0) is 15.3. The van der Waals surface area contributed by atoms with Crippen molar-refractivity contribution in [2.75, 3.05) is 32.3 Å². The summed E-state index contributed by atoms with van der Waals surface area (Å²) in [5.74, 6) is -1.54. The summed E-state index contributed by atoms with van der Waals surface area (Å²) in [5.41, 5.74) is 0. The van der Waals surface area contributed by atoms with Crippen LogP contribution in [0, 0.1) is 0 Å². The molecule has 0 saturated carbocycles. The van der Waals surface area contributed by atoms with E-state index in [4.69, 9.17) is 9.84 Å². The molecule has 1 aliphatic rings. The maximum atomic E-state index is 11.9. The van der Waals surface area contributed by atoms with Crippen LogP contribution in [0.4, 0.5) is 4.79 Å². The first-order valence-corrected chi connectivity index (χ1v) is 8.28. The summed E-state index contributed by atoms with van der Waals surface area (Å²) in [4.78, 5) is 24.4. The second-order valence-electron chi connectivity index (χ2n) is 4.89. The summed E-state index contributed by atoms with van der Waals surface area (Å²) >= 11 is 0. The Labute approximate surface area is 118 Å². The molecule has 2 unspecified atom stereocenters. The Hall–Kier alpha value is -1.35. The van der Waals surface area contributed by atoms with E-state index in [0.717, 1.165) is 6.26 Å². The Balaban J connectivity index is 2.56. The molecule has 2 amide bonds. The molecule has 2 atom stereocenters. The van der Waals surface area contributed by atoms with E-state index in [2.05, 4.69) is 5.32 Å². The van der Waals surface area contributed by atoms with Crippen molar-refractivity contribution >= 4 is 21.8 Å². The van der Waals surface area contributed by atoms with Crippen molar-refractivity contribution < 1.29 is 27.9 Å². The van der Waals surface area contributed by atoms with Gasteiger partial charge >= 0.3 is 12.0 Å². The highest BCUT2D eigenvalue weighted by atomic mass is 32.2. The predicted molar refractivity (Wildman–Crippen MR) is 71.3 cm³/mol. The third-order valence-corrected chi connectivity index (χ3v) is 4.12. The number of carbonyl (C=O) groups excluding carboxylic acids is 1. The number of likely N-dealkylation sites (N-methyl/N-ethyl adjacent to an activating group) is 1. The van der Waals surface area contributed by atoms with Gasteiger partial charge in [-0.3, -0.25) is 0 Å². The SMILES string of the molecule is CN(C(=O)NC(CCS(C)(=O)=O)C(=O)O)C1CCOC1. The van der Waals surface area contributed by atoms with Gasteiger partial charge in [0.15, 0.2) is 0 Å². The van der Waals surface area contributed by atoms with Crippen molar-refractivity contribution in [2.45, 2.75) is 24.9 Å². The lowest BCUT2D eigenvalue weighted by Crippen LogP contribution is -2.50. The molecule has 1 rings (SSSR count). The number of amides is 2. The van der Waals surface area contributed by atoms with E-state index in [1.54, 1.807) is 7.05 Å². The number of nitrogens with zero attached hydrogens (tertiary/aromatic N) is 1. The maximum Gasteiger partial charge on any atom is 0.326 e. The van der Waals surface area contributed by atoms with Crippen LogP contribution in [-0.2, 0) is 19.4 Å². The summed E-state index contributed by atoms with van der Waals surface area (Å²) in [7, 11) is -1.71. The summed E-state index contributed by atoms with van der Waals surface area (Å²) < 4.78 is 27.3. The molecule has 0 radical (unpaired) electrons. The number of ether oxygens (including phenoxy) is 1. The maximum absolute atomic E-state index is 11.9. The molecule has 2 N–H and O–H groups in total. The number of hydrogen-bond donors (Lipinski definition) is 2. The quantitative estimate of drug-likeness (QED) is 0.671. The van der Waals surface area contributed by atoms with Crippen LogP contribution >= 0.6 is 0 Å². The van der Waals surface area contributed by atoms with Crippen LogP contribution in [0.15, 0.2) is 0 Å². The summed E-state index contributed by atoms with van der Waals surface area (Å²) in [6, 6.07) is -1.84. The molecule has 0 aromatic heterocycles. The molecule has 1 fully saturated rings. The number of sulfone groups is 1. The highest BCUT2D eigenvalue weighted by molar-refractivity contribution is 7.90. The van der Waals surface area contributed by atoms with Crippen LogP contribution in [0.3, 0.4) is 0 Å². The number of nitrogens with one attached hydrogen (secondary N) is 1. The fourth-order valence-corrected chi connectivity index (χ4v) is 2.50. The van der Waals surface area contributed by atoms with Crippen LogP contribution in [0.5, 0.6) is 0 Å². The Bertz CT molecular complexity index is 458.